The topological polar surface area (TPSA) is 113 Å². The lowest BCUT2D eigenvalue weighted by Crippen LogP contribution is -2.67. The number of hydrogen-bond donors (Lipinski definition) is 4. The fraction of sp³-hybridized carbons (Fsp3) is 0.688. The molecule has 0 aliphatic heterocycles. The van der Waals surface area contributed by atoms with Crippen LogP contribution in [0, 0.1) is 5.92 Å². The summed E-state index contributed by atoms with van der Waals surface area (Å²) >= 11 is 0. The van der Waals surface area contributed by atoms with Crippen molar-refractivity contribution in [2.75, 3.05) is 10.6 Å². The average Bonchev–Trinajstić information content (AvgIpc) is 2.59. The predicted octanol–water partition coefficient (Wildman–Crippen LogP) is -7.39. The van der Waals surface area contributed by atoms with Crippen molar-refractivity contribution in [3.63, 3.8) is 0 Å². The van der Waals surface area contributed by atoms with Crippen LogP contribution in [0.3, 0.4) is 0 Å². The van der Waals surface area contributed by atoms with E-state index in [2.05, 4.69) is 93.2 Å². The summed E-state index contributed by atoms with van der Waals surface area (Å²) < 4.78 is 0. The molecule has 1 aromatic heterocycles. The normalized spacial score (nSPS) is 22.8. The second kappa shape index (κ2) is 9.15. The third kappa shape index (κ3) is 5.26. The van der Waals surface area contributed by atoms with Crippen molar-refractivity contribution in [2.45, 2.75) is 59.2 Å². The average molecular weight is 428 g/mol. The number of rotatable bonds is 8. The van der Waals surface area contributed by atoms with Crippen LogP contribution in [-0.2, 0) is 0 Å². The van der Waals surface area contributed by atoms with Crippen LogP contribution in [0.4, 0.5) is 11.8 Å². The minimum Gasteiger partial charge on any atom is -0.393 e. The first-order valence-electron chi connectivity index (χ1n) is 11.8. The van der Waals surface area contributed by atoms with Gasteiger partial charge in [-0.05, 0) is 30.7 Å². The highest BCUT2D eigenvalue weighted by Gasteiger charge is 2.56. The van der Waals surface area contributed by atoms with Crippen LogP contribution in [0.5, 0.6) is 0 Å². The fourth-order valence-electron chi connectivity index (χ4n) is 6.46. The van der Waals surface area contributed by atoms with E-state index >= 15 is 0 Å². The van der Waals surface area contributed by atoms with E-state index in [-0.39, 0.29) is 44.5 Å². The maximum atomic E-state index is 12.1. The Hall–Kier alpha value is -1.31. The lowest BCUT2D eigenvalue weighted by Gasteiger charge is -2.63. The van der Waals surface area contributed by atoms with Crippen molar-refractivity contribution in [1.82, 2.24) is 9.97 Å². The number of nitrogens with one attached hydrogen (secondary N) is 2. The molecule has 32 heavy (non-hydrogen) atoms. The highest BCUT2D eigenvalue weighted by atomic mass is 16.3. The van der Waals surface area contributed by atoms with Gasteiger partial charge in [0, 0.05) is 12.2 Å². The van der Waals surface area contributed by atoms with E-state index in [1.54, 1.807) is 0 Å². The van der Waals surface area contributed by atoms with E-state index in [0.717, 1.165) is 12.8 Å². The summed E-state index contributed by atoms with van der Waals surface area (Å²) in [5.74, 6) is 0.587. The summed E-state index contributed by atoms with van der Waals surface area (Å²) in [6.45, 7) is 2.06. The van der Waals surface area contributed by atoms with Crippen LogP contribution in [0.2, 0.25) is 15.3 Å². The number of primary amides is 1. The Labute approximate surface area is 201 Å². The zero-order chi connectivity index (χ0) is 24.7. The molecule has 1 aliphatic carbocycles. The van der Waals surface area contributed by atoms with Crippen molar-refractivity contribution in [2.24, 2.45) is 11.7 Å². The van der Waals surface area contributed by atoms with Crippen LogP contribution >= 0.6 is 0 Å². The van der Waals surface area contributed by atoms with Gasteiger partial charge in [-0.25, -0.2) is 4.98 Å². The van der Waals surface area contributed by atoms with Crippen LogP contribution < -0.4 is 16.4 Å². The summed E-state index contributed by atoms with van der Waals surface area (Å²) in [4.78, 5) is 21.3. The highest BCUT2D eigenvalue weighted by molar-refractivity contribution is 6.71. The molecule has 0 bridgehead atoms. The number of aliphatic hydroxyl groups is 1. The molecule has 0 saturated heterocycles. The molecule has 7 nitrogen and oxygen atoms in total. The maximum absolute atomic E-state index is 12.1. The molecule has 3 atom stereocenters. The molecule has 164 valence electrons. The number of hydrogen-bond acceptors (Lipinski definition) is 6. The monoisotopic (exact) mass is 429 g/mol. The molecule has 0 spiro atoms. The zero-order valence-electron chi connectivity index (χ0n) is 21.8. The quantitative estimate of drug-likeness (QED) is 0.307. The Bertz CT molecular complexity index is 805. The van der Waals surface area contributed by atoms with Gasteiger partial charge in [0.1, 0.15) is 5.82 Å². The predicted molar refractivity (Wildman–Crippen MR) is 158 cm³/mol. The minimum absolute atomic E-state index is 0.0275. The van der Waals surface area contributed by atoms with Crippen LogP contribution in [0.15, 0.2) is 6.20 Å². The number of carbonyl (C=O) groups is 1. The standard InChI is InChI=1S/C16H36B9N5O2/c1-6-2-3-7(4-9(6)31)28-11-8(10(26)32)5-27-12(29-11)30-13(14(17,18)19,15(20,21)22)16(23,24)25/h5-7,9,31H,2-4,17-25H2,1H3,(H2,26,32)(H2,27,28,29,30). The summed E-state index contributed by atoms with van der Waals surface area (Å²) in [7, 11) is 20.1. The molecule has 1 aromatic rings. The van der Waals surface area contributed by atoms with E-state index in [1.807, 2.05) is 0 Å². The molecule has 0 aromatic carbocycles. The second-order valence-electron chi connectivity index (χ2n) is 12.6. The van der Waals surface area contributed by atoms with Crippen molar-refractivity contribution in [3.05, 3.63) is 11.8 Å². The van der Waals surface area contributed by atoms with E-state index in [0.29, 0.717) is 18.2 Å². The number of anilines is 2. The molecule has 2 rings (SSSR count). The van der Waals surface area contributed by atoms with Gasteiger partial charge in [0.25, 0.3) is 5.91 Å². The van der Waals surface area contributed by atoms with Gasteiger partial charge in [0.2, 0.25) is 5.95 Å². The van der Waals surface area contributed by atoms with Gasteiger partial charge in [-0.3, -0.25) is 4.79 Å². The third-order valence-electron chi connectivity index (χ3n) is 7.22. The molecule has 1 fully saturated rings. The Balaban J connectivity index is 2.51. The van der Waals surface area contributed by atoms with E-state index in [1.165, 1.54) is 6.20 Å². The largest absolute Gasteiger partial charge is 0.393 e. The lowest BCUT2D eigenvalue weighted by molar-refractivity contribution is 0.0739. The first-order valence-corrected chi connectivity index (χ1v) is 11.8. The first kappa shape index (κ1) is 26.9. The number of aromatic nitrogens is 2. The third-order valence-corrected chi connectivity index (χ3v) is 7.22. The van der Waals surface area contributed by atoms with Crippen LogP contribution in [0.25, 0.3) is 0 Å². The molecule has 1 aliphatic rings. The molecule has 1 saturated carbocycles. The SMILES string of the molecule is BC(B)(B)C(Nc1ncc(C(N)=O)c(NC2CCC(C)C(O)C2)n1)(C(B)(B)B)C(B)(B)B. The molecule has 1 amide bonds. The van der Waals surface area contributed by atoms with Gasteiger partial charge >= 0.3 is 0 Å². The Morgan fingerprint density at radius 2 is 1.59 bits per heavy atom. The van der Waals surface area contributed by atoms with Gasteiger partial charge in [-0.15, -0.1) is 0 Å². The van der Waals surface area contributed by atoms with Crippen molar-refractivity contribution in [3.8, 4) is 0 Å². The van der Waals surface area contributed by atoms with E-state index in [9.17, 15) is 9.90 Å². The molecule has 0 radical (unpaired) electrons. The van der Waals surface area contributed by atoms with Gasteiger partial charge < -0.3 is 21.5 Å². The Morgan fingerprint density at radius 1 is 1.06 bits per heavy atom. The second-order valence-corrected chi connectivity index (χ2v) is 12.6. The first-order chi connectivity index (χ1) is 14.4. The Kier molecular flexibility index (Phi) is 7.70. The molecular weight excluding hydrogens is 392 g/mol. The van der Waals surface area contributed by atoms with Crippen molar-refractivity contribution in [1.29, 1.82) is 0 Å². The number of aliphatic hydroxyl groups excluding tert-OH is 1. The summed E-state index contributed by atoms with van der Waals surface area (Å²) in [6.07, 6.45) is 3.57. The fourth-order valence-corrected chi connectivity index (χ4v) is 6.46. The molecule has 1 heterocycles. The van der Waals surface area contributed by atoms with Crippen LogP contribution in [-0.4, -0.2) is 109 Å². The Morgan fingerprint density at radius 3 is 2.03 bits per heavy atom. The summed E-state index contributed by atoms with van der Waals surface area (Å²) in [6, 6.07) is 0.0275. The lowest BCUT2D eigenvalue weighted by atomic mass is 9.12. The molecular formula is C16H36B9N5O2. The smallest absolute Gasteiger partial charge is 0.254 e. The van der Waals surface area contributed by atoms with Crippen molar-refractivity contribution >= 4 is 88.3 Å². The maximum Gasteiger partial charge on any atom is 0.254 e. The van der Waals surface area contributed by atoms with Crippen molar-refractivity contribution < 1.29 is 9.90 Å². The highest BCUT2D eigenvalue weighted by Crippen LogP contribution is 2.55. The summed E-state index contributed by atoms with van der Waals surface area (Å²) in [5.41, 5.74) is 5.51. The summed E-state index contributed by atoms with van der Waals surface area (Å²) in [5, 5.41) is 17.0. The van der Waals surface area contributed by atoms with E-state index in [4.69, 9.17) is 10.7 Å². The van der Waals surface area contributed by atoms with E-state index < -0.39 is 5.91 Å². The van der Waals surface area contributed by atoms with Crippen LogP contribution in [0.1, 0.15) is 36.5 Å². The van der Waals surface area contributed by atoms with Gasteiger partial charge in [-0.2, -0.15) is 4.98 Å². The minimum atomic E-state index is -0.572. The number of nitrogens with zero attached hydrogens (tertiary/aromatic N) is 2. The zero-order valence-corrected chi connectivity index (χ0v) is 21.8. The number of nitrogens with two attached hydrogens (primary N) is 1. The van der Waals surface area contributed by atoms with Gasteiger partial charge in [0.15, 0.2) is 0 Å². The van der Waals surface area contributed by atoms with Gasteiger partial charge in [-0.1, -0.05) is 22.3 Å². The van der Waals surface area contributed by atoms with Gasteiger partial charge in [0.05, 0.1) is 82.3 Å². The number of amides is 1. The number of carbonyl (C=O) groups excluding carboxylic acids is 1. The molecule has 5 N–H and O–H groups in total. The molecule has 3 unspecified atom stereocenters. The molecule has 16 heteroatoms.